The highest BCUT2D eigenvalue weighted by molar-refractivity contribution is 6.07. The number of carbonyl (C=O) groups is 1. The highest BCUT2D eigenvalue weighted by Crippen LogP contribution is 2.19. The van der Waals surface area contributed by atoms with Gasteiger partial charge in [0.25, 0.3) is 5.91 Å². The lowest BCUT2D eigenvalue weighted by Crippen LogP contribution is -2.20. The SMILES string of the molecule is CC(=NNC(=O)c1cc(C)nc2ccccc12)c1ccc2ccccc2c1. The monoisotopic (exact) mass is 353 g/mol. The summed E-state index contributed by atoms with van der Waals surface area (Å²) in [5.74, 6) is -0.239. The van der Waals surface area contributed by atoms with Gasteiger partial charge in [0, 0.05) is 11.1 Å². The zero-order chi connectivity index (χ0) is 18.8. The van der Waals surface area contributed by atoms with Crippen LogP contribution in [0.25, 0.3) is 21.7 Å². The van der Waals surface area contributed by atoms with Gasteiger partial charge in [0.15, 0.2) is 0 Å². The summed E-state index contributed by atoms with van der Waals surface area (Å²) >= 11 is 0. The van der Waals surface area contributed by atoms with E-state index < -0.39 is 0 Å². The standard InChI is InChI=1S/C23H19N3O/c1-15-13-21(20-9-5-6-10-22(20)24-15)23(27)26-25-16(2)18-12-11-17-7-3-4-8-19(17)14-18/h3-14H,1-2H3,(H,26,27). The largest absolute Gasteiger partial charge is 0.272 e. The van der Waals surface area contributed by atoms with Gasteiger partial charge in [-0.05, 0) is 48.4 Å². The lowest BCUT2D eigenvalue weighted by atomic mass is 10.0. The molecular formula is C23H19N3O. The summed E-state index contributed by atoms with van der Waals surface area (Å²) < 4.78 is 0. The van der Waals surface area contributed by atoms with Gasteiger partial charge in [-0.1, -0.05) is 54.6 Å². The first-order chi connectivity index (χ1) is 13.1. The van der Waals surface area contributed by atoms with Gasteiger partial charge >= 0.3 is 0 Å². The van der Waals surface area contributed by atoms with E-state index >= 15 is 0 Å². The number of nitrogens with zero attached hydrogens (tertiary/aromatic N) is 2. The van der Waals surface area contributed by atoms with E-state index in [-0.39, 0.29) is 5.91 Å². The first kappa shape index (κ1) is 16.9. The van der Waals surface area contributed by atoms with Crippen LogP contribution in [0.4, 0.5) is 0 Å². The molecule has 0 radical (unpaired) electrons. The van der Waals surface area contributed by atoms with Crippen molar-refractivity contribution in [3.05, 3.63) is 89.6 Å². The number of pyridine rings is 1. The second kappa shape index (κ2) is 7.00. The molecule has 0 aliphatic rings. The van der Waals surface area contributed by atoms with Crippen LogP contribution in [0.2, 0.25) is 0 Å². The van der Waals surface area contributed by atoms with Crippen LogP contribution in [0.3, 0.4) is 0 Å². The first-order valence-corrected chi connectivity index (χ1v) is 8.82. The Kier molecular flexibility index (Phi) is 4.38. The van der Waals surface area contributed by atoms with Crippen LogP contribution in [0.1, 0.15) is 28.5 Å². The molecule has 1 amide bonds. The van der Waals surface area contributed by atoms with Gasteiger partial charge < -0.3 is 0 Å². The minimum Gasteiger partial charge on any atom is -0.267 e. The molecule has 1 aromatic heterocycles. The van der Waals surface area contributed by atoms with E-state index in [1.165, 1.54) is 5.39 Å². The third-order valence-corrected chi connectivity index (χ3v) is 4.58. The number of rotatable bonds is 3. The molecule has 0 aliphatic heterocycles. The Hall–Kier alpha value is -3.53. The van der Waals surface area contributed by atoms with Crippen LogP contribution in [-0.2, 0) is 0 Å². The molecule has 0 aliphatic carbocycles. The number of amides is 1. The number of benzene rings is 3. The van der Waals surface area contributed by atoms with Crippen LogP contribution in [0.5, 0.6) is 0 Å². The Morgan fingerprint density at radius 3 is 2.52 bits per heavy atom. The smallest absolute Gasteiger partial charge is 0.267 e. The molecule has 132 valence electrons. The van der Waals surface area contributed by atoms with Gasteiger partial charge in [-0.3, -0.25) is 9.78 Å². The molecule has 3 aromatic carbocycles. The second-order valence-electron chi connectivity index (χ2n) is 6.53. The number of nitrogens with one attached hydrogen (secondary N) is 1. The van der Waals surface area contributed by atoms with Crippen molar-refractivity contribution in [1.82, 2.24) is 10.4 Å². The zero-order valence-corrected chi connectivity index (χ0v) is 15.2. The molecule has 0 fully saturated rings. The molecule has 0 unspecified atom stereocenters. The molecule has 0 spiro atoms. The molecule has 1 heterocycles. The van der Waals surface area contributed by atoms with Crippen LogP contribution in [0, 0.1) is 6.92 Å². The normalized spacial score (nSPS) is 11.7. The Labute approximate surface area is 157 Å². The molecule has 0 saturated heterocycles. The maximum absolute atomic E-state index is 12.7. The molecule has 0 saturated carbocycles. The van der Waals surface area contributed by atoms with E-state index in [0.717, 1.165) is 33.3 Å². The summed E-state index contributed by atoms with van der Waals surface area (Å²) in [6.07, 6.45) is 0. The summed E-state index contributed by atoms with van der Waals surface area (Å²) in [7, 11) is 0. The number of fused-ring (bicyclic) bond motifs is 2. The van der Waals surface area contributed by atoms with Crippen molar-refractivity contribution in [3.63, 3.8) is 0 Å². The van der Waals surface area contributed by atoms with Crippen LogP contribution >= 0.6 is 0 Å². The van der Waals surface area contributed by atoms with Crippen molar-refractivity contribution in [1.29, 1.82) is 0 Å². The molecule has 4 heteroatoms. The lowest BCUT2D eigenvalue weighted by molar-refractivity contribution is 0.0956. The number of hydrogen-bond acceptors (Lipinski definition) is 3. The summed E-state index contributed by atoms with van der Waals surface area (Å²) in [5, 5.41) is 7.45. The molecule has 4 aromatic rings. The first-order valence-electron chi connectivity index (χ1n) is 8.82. The Bertz CT molecular complexity index is 1190. The molecule has 1 N–H and O–H groups in total. The van der Waals surface area contributed by atoms with E-state index in [0.29, 0.717) is 5.56 Å². The van der Waals surface area contributed by atoms with Crippen molar-refractivity contribution in [2.75, 3.05) is 0 Å². The van der Waals surface area contributed by atoms with Crippen molar-refractivity contribution in [2.24, 2.45) is 5.10 Å². The number of carbonyl (C=O) groups excluding carboxylic acids is 1. The molecule has 0 bridgehead atoms. The highest BCUT2D eigenvalue weighted by atomic mass is 16.2. The van der Waals surface area contributed by atoms with Gasteiger partial charge in [-0.15, -0.1) is 0 Å². The summed E-state index contributed by atoms with van der Waals surface area (Å²) in [5.41, 5.74) is 6.60. The summed E-state index contributed by atoms with van der Waals surface area (Å²) in [6.45, 7) is 3.77. The third kappa shape index (κ3) is 3.42. The molecule has 0 atom stereocenters. The third-order valence-electron chi connectivity index (χ3n) is 4.58. The number of aryl methyl sites for hydroxylation is 1. The Morgan fingerprint density at radius 1 is 0.926 bits per heavy atom. The number of hydrazone groups is 1. The number of aromatic nitrogens is 1. The average Bonchev–Trinajstić information content (AvgIpc) is 2.70. The van der Waals surface area contributed by atoms with Gasteiger partial charge in [0.05, 0.1) is 16.8 Å². The molecular weight excluding hydrogens is 334 g/mol. The Balaban J connectivity index is 1.63. The van der Waals surface area contributed by atoms with Crippen LogP contribution < -0.4 is 5.43 Å². The van der Waals surface area contributed by atoms with Gasteiger partial charge in [0.2, 0.25) is 0 Å². The van der Waals surface area contributed by atoms with E-state index in [9.17, 15) is 4.79 Å². The van der Waals surface area contributed by atoms with Crippen molar-refractivity contribution < 1.29 is 4.79 Å². The quantitative estimate of drug-likeness (QED) is 0.423. The van der Waals surface area contributed by atoms with E-state index in [1.807, 2.05) is 56.3 Å². The van der Waals surface area contributed by atoms with Crippen LogP contribution in [0.15, 0.2) is 77.9 Å². The van der Waals surface area contributed by atoms with Crippen LogP contribution in [-0.4, -0.2) is 16.6 Å². The fraction of sp³-hybridized carbons (Fsp3) is 0.0870. The van der Waals surface area contributed by atoms with Crippen molar-refractivity contribution >= 4 is 33.3 Å². The lowest BCUT2D eigenvalue weighted by Gasteiger charge is -2.08. The fourth-order valence-electron chi connectivity index (χ4n) is 3.17. The van der Waals surface area contributed by atoms with Crippen molar-refractivity contribution in [2.45, 2.75) is 13.8 Å². The number of para-hydroxylation sites is 1. The van der Waals surface area contributed by atoms with Gasteiger partial charge in [0.1, 0.15) is 0 Å². The topological polar surface area (TPSA) is 54.4 Å². The van der Waals surface area contributed by atoms with E-state index in [1.54, 1.807) is 6.07 Å². The minimum atomic E-state index is -0.239. The highest BCUT2D eigenvalue weighted by Gasteiger charge is 2.11. The van der Waals surface area contributed by atoms with Gasteiger partial charge in [-0.2, -0.15) is 5.10 Å². The molecule has 4 nitrogen and oxygen atoms in total. The second-order valence-corrected chi connectivity index (χ2v) is 6.53. The van der Waals surface area contributed by atoms with E-state index in [4.69, 9.17) is 0 Å². The molecule has 4 rings (SSSR count). The number of hydrogen-bond donors (Lipinski definition) is 1. The Morgan fingerprint density at radius 2 is 1.67 bits per heavy atom. The summed E-state index contributed by atoms with van der Waals surface area (Å²) in [4.78, 5) is 17.2. The predicted octanol–water partition coefficient (Wildman–Crippen LogP) is 4.85. The molecule has 27 heavy (non-hydrogen) atoms. The predicted molar refractivity (Wildman–Crippen MR) is 110 cm³/mol. The van der Waals surface area contributed by atoms with Crippen molar-refractivity contribution in [3.8, 4) is 0 Å². The minimum absolute atomic E-state index is 0.239. The van der Waals surface area contributed by atoms with Gasteiger partial charge in [-0.25, -0.2) is 5.43 Å². The maximum Gasteiger partial charge on any atom is 0.272 e. The fourth-order valence-corrected chi connectivity index (χ4v) is 3.17. The average molecular weight is 353 g/mol. The summed E-state index contributed by atoms with van der Waals surface area (Å²) in [6, 6.07) is 23.7. The zero-order valence-electron chi connectivity index (χ0n) is 15.2. The maximum atomic E-state index is 12.7. The van der Waals surface area contributed by atoms with E-state index in [2.05, 4.69) is 39.8 Å².